The number of thiophene rings is 1. The lowest BCUT2D eigenvalue weighted by atomic mass is 10.3. The summed E-state index contributed by atoms with van der Waals surface area (Å²) in [7, 11) is 0. The number of halogens is 2. The molecule has 102 valence electrons. The van der Waals surface area contributed by atoms with Crippen molar-refractivity contribution in [1.82, 2.24) is 14.8 Å². The third-order valence-corrected chi connectivity index (χ3v) is 5.55. The quantitative estimate of drug-likeness (QED) is 0.737. The van der Waals surface area contributed by atoms with Crippen LogP contribution in [-0.2, 0) is 11.3 Å². The van der Waals surface area contributed by atoms with Gasteiger partial charge in [-0.25, -0.2) is 0 Å². The van der Waals surface area contributed by atoms with Gasteiger partial charge in [0.2, 0.25) is 0 Å². The Balaban J connectivity index is 2.36. The van der Waals surface area contributed by atoms with Gasteiger partial charge in [0.1, 0.15) is 0 Å². The Kier molecular flexibility index (Phi) is 5.04. The first kappa shape index (κ1) is 15.0. The molecule has 0 aliphatic heterocycles. The Hall–Kier alpha value is -0.380. The molecule has 2 aromatic rings. The van der Waals surface area contributed by atoms with Gasteiger partial charge in [-0.1, -0.05) is 11.8 Å². The summed E-state index contributed by atoms with van der Waals surface area (Å²) < 4.78 is 3.88. The first-order valence-corrected chi connectivity index (χ1v) is 8.64. The molecule has 0 amide bonds. The topological polar surface area (TPSA) is 68.0 Å². The third kappa shape index (κ3) is 3.39. The van der Waals surface area contributed by atoms with E-state index in [0.29, 0.717) is 11.7 Å². The second-order valence-electron chi connectivity index (χ2n) is 3.47. The zero-order chi connectivity index (χ0) is 14.0. The molecule has 0 radical (unpaired) electrons. The van der Waals surface area contributed by atoms with Crippen LogP contribution in [0.2, 0.25) is 0 Å². The van der Waals surface area contributed by atoms with Crippen molar-refractivity contribution in [3.63, 3.8) is 0 Å². The van der Waals surface area contributed by atoms with E-state index in [1.165, 1.54) is 11.8 Å². The van der Waals surface area contributed by atoms with Crippen molar-refractivity contribution in [3.05, 3.63) is 13.6 Å². The Morgan fingerprint density at radius 3 is 2.79 bits per heavy atom. The molecule has 0 spiro atoms. The lowest BCUT2D eigenvalue weighted by Crippen LogP contribution is -2.03. The van der Waals surface area contributed by atoms with Crippen LogP contribution < -0.4 is 0 Å². The molecule has 0 bridgehead atoms. The number of hydrogen-bond acceptors (Lipinski definition) is 5. The fourth-order valence-corrected chi connectivity index (χ4v) is 5.01. The van der Waals surface area contributed by atoms with Gasteiger partial charge in [0.15, 0.2) is 11.0 Å². The number of rotatable bonds is 5. The van der Waals surface area contributed by atoms with Crippen LogP contribution in [0.15, 0.2) is 18.8 Å². The van der Waals surface area contributed by atoms with Crippen molar-refractivity contribution in [2.45, 2.75) is 18.6 Å². The predicted molar refractivity (Wildman–Crippen MR) is 82.8 cm³/mol. The maximum Gasteiger partial charge on any atom is 0.313 e. The van der Waals surface area contributed by atoms with Crippen molar-refractivity contribution >= 4 is 60.9 Å². The van der Waals surface area contributed by atoms with E-state index in [-0.39, 0.29) is 5.75 Å². The van der Waals surface area contributed by atoms with Crippen molar-refractivity contribution in [1.29, 1.82) is 0 Å². The molecular formula is C10H9Br2N3O2S2. The lowest BCUT2D eigenvalue weighted by molar-refractivity contribution is -0.133. The second-order valence-corrected chi connectivity index (χ2v) is 8.16. The molecule has 0 aliphatic carbocycles. The molecule has 9 heteroatoms. The van der Waals surface area contributed by atoms with Gasteiger partial charge in [-0.15, -0.1) is 21.5 Å². The molecule has 0 atom stereocenters. The minimum Gasteiger partial charge on any atom is -0.481 e. The van der Waals surface area contributed by atoms with Gasteiger partial charge in [-0.05, 0) is 44.8 Å². The molecule has 2 heterocycles. The number of thioether (sulfide) groups is 1. The molecule has 2 aromatic heterocycles. The Morgan fingerprint density at radius 1 is 1.53 bits per heavy atom. The molecule has 0 fully saturated rings. The van der Waals surface area contributed by atoms with Gasteiger partial charge < -0.3 is 9.67 Å². The van der Waals surface area contributed by atoms with Crippen LogP contribution in [0.5, 0.6) is 0 Å². The van der Waals surface area contributed by atoms with Crippen LogP contribution in [0.4, 0.5) is 0 Å². The summed E-state index contributed by atoms with van der Waals surface area (Å²) in [6, 6.07) is 1.97. The fraction of sp³-hybridized carbons (Fsp3) is 0.300. The highest BCUT2D eigenvalue weighted by Crippen LogP contribution is 2.38. The molecule has 2 rings (SSSR count). The number of carboxylic acid groups (broad SMARTS) is 1. The average Bonchev–Trinajstić information content (AvgIpc) is 2.89. The third-order valence-electron chi connectivity index (χ3n) is 2.26. The van der Waals surface area contributed by atoms with Gasteiger partial charge >= 0.3 is 5.97 Å². The van der Waals surface area contributed by atoms with Crippen molar-refractivity contribution in [3.8, 4) is 11.4 Å². The Labute approximate surface area is 134 Å². The van der Waals surface area contributed by atoms with E-state index in [1.54, 1.807) is 11.3 Å². The molecule has 19 heavy (non-hydrogen) atoms. The van der Waals surface area contributed by atoms with Crippen LogP contribution in [0, 0.1) is 0 Å². The monoisotopic (exact) mass is 425 g/mol. The maximum atomic E-state index is 10.6. The van der Waals surface area contributed by atoms with E-state index in [4.69, 9.17) is 5.11 Å². The first-order valence-electron chi connectivity index (χ1n) is 5.26. The molecule has 0 aliphatic rings. The van der Waals surface area contributed by atoms with Gasteiger partial charge in [0, 0.05) is 12.1 Å². The Bertz CT molecular complexity index is 612. The molecular weight excluding hydrogens is 418 g/mol. The zero-order valence-electron chi connectivity index (χ0n) is 9.76. The molecule has 1 N–H and O–H groups in total. The van der Waals surface area contributed by atoms with Gasteiger partial charge in [-0.2, -0.15) is 0 Å². The van der Waals surface area contributed by atoms with Crippen LogP contribution in [0.1, 0.15) is 6.92 Å². The van der Waals surface area contributed by atoms with E-state index >= 15 is 0 Å². The number of aromatic nitrogens is 3. The van der Waals surface area contributed by atoms with Gasteiger partial charge in [0.05, 0.1) is 13.3 Å². The Morgan fingerprint density at radius 2 is 2.26 bits per heavy atom. The van der Waals surface area contributed by atoms with E-state index in [9.17, 15) is 4.79 Å². The number of hydrogen-bond donors (Lipinski definition) is 1. The molecule has 0 aromatic carbocycles. The van der Waals surface area contributed by atoms with Crippen LogP contribution >= 0.6 is 55.0 Å². The van der Waals surface area contributed by atoms with E-state index < -0.39 is 5.97 Å². The molecule has 0 saturated carbocycles. The SMILES string of the molecule is CCn1c(SCC(=O)O)nnc1-c1cc(Br)sc1Br. The van der Waals surface area contributed by atoms with Gasteiger partial charge in [0.25, 0.3) is 0 Å². The molecule has 5 nitrogen and oxygen atoms in total. The average molecular weight is 427 g/mol. The summed E-state index contributed by atoms with van der Waals surface area (Å²) in [5, 5.41) is 17.6. The minimum absolute atomic E-state index is 0.0212. The second kappa shape index (κ2) is 6.38. The standard InChI is InChI=1S/C10H9Br2N3O2S2/c1-2-15-9(5-3-6(11)19-8(5)12)13-14-10(15)18-4-7(16)17/h3H,2,4H2,1H3,(H,16,17). The summed E-state index contributed by atoms with van der Waals surface area (Å²) in [6.45, 7) is 2.66. The maximum absolute atomic E-state index is 10.6. The van der Waals surface area contributed by atoms with E-state index in [2.05, 4.69) is 42.1 Å². The first-order chi connectivity index (χ1) is 9.02. The van der Waals surface area contributed by atoms with Crippen molar-refractivity contribution in [2.24, 2.45) is 0 Å². The number of nitrogens with zero attached hydrogens (tertiary/aromatic N) is 3. The summed E-state index contributed by atoms with van der Waals surface area (Å²) in [4.78, 5) is 10.6. The smallest absolute Gasteiger partial charge is 0.313 e. The molecule has 0 unspecified atom stereocenters. The van der Waals surface area contributed by atoms with Crippen molar-refractivity contribution < 1.29 is 9.90 Å². The largest absolute Gasteiger partial charge is 0.481 e. The zero-order valence-corrected chi connectivity index (χ0v) is 14.6. The summed E-state index contributed by atoms with van der Waals surface area (Å²) in [5.41, 5.74) is 0.952. The van der Waals surface area contributed by atoms with E-state index in [1.807, 2.05) is 17.6 Å². The predicted octanol–water partition coefficient (Wildman–Crippen LogP) is 3.73. The van der Waals surface area contributed by atoms with Crippen LogP contribution in [0.25, 0.3) is 11.4 Å². The summed E-state index contributed by atoms with van der Waals surface area (Å²) in [6.07, 6.45) is 0. The highest BCUT2D eigenvalue weighted by molar-refractivity contribution is 9.12. The van der Waals surface area contributed by atoms with Gasteiger partial charge in [-0.3, -0.25) is 4.79 Å². The summed E-state index contributed by atoms with van der Waals surface area (Å²) in [5.74, 6) is -0.145. The lowest BCUT2D eigenvalue weighted by Gasteiger charge is -2.05. The highest BCUT2D eigenvalue weighted by atomic mass is 79.9. The van der Waals surface area contributed by atoms with Crippen LogP contribution in [0.3, 0.4) is 0 Å². The number of aliphatic carboxylic acids is 1. The normalized spacial score (nSPS) is 10.9. The number of carboxylic acids is 1. The van der Waals surface area contributed by atoms with Crippen molar-refractivity contribution in [2.75, 3.05) is 5.75 Å². The minimum atomic E-state index is -0.864. The highest BCUT2D eigenvalue weighted by Gasteiger charge is 2.18. The number of carbonyl (C=O) groups is 1. The molecule has 0 saturated heterocycles. The summed E-state index contributed by atoms with van der Waals surface area (Å²) >= 11 is 9.66. The fourth-order valence-electron chi connectivity index (χ4n) is 1.50. The van der Waals surface area contributed by atoms with E-state index in [0.717, 1.165) is 19.0 Å². The van der Waals surface area contributed by atoms with Crippen LogP contribution in [-0.4, -0.2) is 31.6 Å².